The zero-order valence-electron chi connectivity index (χ0n) is 14.6. The van der Waals surface area contributed by atoms with Crippen LogP contribution in [0.3, 0.4) is 0 Å². The average Bonchev–Trinajstić information content (AvgIpc) is 2.62. The van der Waals surface area contributed by atoms with Crippen LogP contribution in [-0.2, 0) is 6.54 Å². The maximum absolute atomic E-state index is 13.4. The van der Waals surface area contributed by atoms with Crippen LogP contribution in [0.15, 0.2) is 36.4 Å². The predicted octanol–water partition coefficient (Wildman–Crippen LogP) is 3.30. The van der Waals surface area contributed by atoms with Gasteiger partial charge in [-0.2, -0.15) is 0 Å². The van der Waals surface area contributed by atoms with E-state index in [-0.39, 0.29) is 22.5 Å². The van der Waals surface area contributed by atoms with Gasteiger partial charge in [-0.15, -0.1) is 0 Å². The molecule has 4 rings (SSSR count). The van der Waals surface area contributed by atoms with Crippen molar-refractivity contribution < 1.29 is 18.7 Å². The molecule has 1 fully saturated rings. The van der Waals surface area contributed by atoms with Gasteiger partial charge in [-0.25, -0.2) is 4.39 Å². The fourth-order valence-corrected chi connectivity index (χ4v) is 3.54. The highest BCUT2D eigenvalue weighted by Crippen LogP contribution is 2.31. The van der Waals surface area contributed by atoms with Crippen molar-refractivity contribution in [1.82, 2.24) is 10.6 Å². The normalized spacial score (nSPS) is 20.7. The van der Waals surface area contributed by atoms with Crippen molar-refractivity contribution in [2.45, 2.75) is 31.5 Å². The minimum atomic E-state index is -0.514. The molecule has 0 saturated heterocycles. The zero-order valence-corrected chi connectivity index (χ0v) is 15.4. The number of halogens is 2. The number of benzene rings is 2. The summed E-state index contributed by atoms with van der Waals surface area (Å²) in [6, 6.07) is 10.2. The highest BCUT2D eigenvalue weighted by atomic mass is 35.5. The molecule has 5 nitrogen and oxygen atoms in total. The van der Waals surface area contributed by atoms with Crippen LogP contribution in [0.5, 0.6) is 11.5 Å². The third kappa shape index (κ3) is 4.34. The van der Waals surface area contributed by atoms with Gasteiger partial charge < -0.3 is 20.1 Å². The van der Waals surface area contributed by atoms with Crippen molar-refractivity contribution in [1.29, 1.82) is 0 Å². The van der Waals surface area contributed by atoms with Crippen LogP contribution < -0.4 is 20.1 Å². The lowest BCUT2D eigenvalue weighted by Crippen LogP contribution is -2.52. The predicted molar refractivity (Wildman–Crippen MR) is 100.0 cm³/mol. The van der Waals surface area contributed by atoms with Crippen LogP contribution >= 0.6 is 11.6 Å². The van der Waals surface area contributed by atoms with Gasteiger partial charge in [0.25, 0.3) is 5.91 Å². The molecule has 1 heterocycles. The lowest BCUT2D eigenvalue weighted by molar-refractivity contribution is 0.0901. The van der Waals surface area contributed by atoms with Gasteiger partial charge in [-0.3, -0.25) is 4.79 Å². The Morgan fingerprint density at radius 3 is 2.63 bits per heavy atom. The Bertz CT molecular complexity index is 835. The maximum atomic E-state index is 13.4. The highest BCUT2D eigenvalue weighted by molar-refractivity contribution is 6.31. The van der Waals surface area contributed by atoms with E-state index in [0.29, 0.717) is 19.3 Å². The maximum Gasteiger partial charge on any atom is 0.251 e. The summed E-state index contributed by atoms with van der Waals surface area (Å²) < 4.78 is 24.5. The molecule has 1 amide bonds. The molecule has 27 heavy (non-hydrogen) atoms. The monoisotopic (exact) mass is 390 g/mol. The second-order valence-electron chi connectivity index (χ2n) is 6.86. The number of ether oxygens (including phenoxy) is 2. The summed E-state index contributed by atoms with van der Waals surface area (Å²) in [7, 11) is 0. The lowest BCUT2D eigenvalue weighted by atomic mass is 9.86. The van der Waals surface area contributed by atoms with Crippen molar-refractivity contribution in [3.8, 4) is 11.5 Å². The van der Waals surface area contributed by atoms with Crippen LogP contribution in [0.2, 0.25) is 5.02 Å². The van der Waals surface area contributed by atoms with E-state index in [1.165, 1.54) is 18.2 Å². The fourth-order valence-electron chi connectivity index (χ4n) is 3.32. The van der Waals surface area contributed by atoms with Crippen LogP contribution in [-0.4, -0.2) is 31.2 Å². The first kappa shape index (κ1) is 18.1. The molecule has 1 aliphatic heterocycles. The van der Waals surface area contributed by atoms with Crippen molar-refractivity contribution >= 4 is 17.5 Å². The SMILES string of the molecule is O=C(N[C@H]1C[C@@H](NCc2ccc3c(c2)OCCO3)C1)c1cc(F)cc(Cl)c1. The molecule has 7 heteroatoms. The topological polar surface area (TPSA) is 59.6 Å². The van der Waals surface area contributed by atoms with E-state index in [9.17, 15) is 9.18 Å². The van der Waals surface area contributed by atoms with Crippen molar-refractivity contribution in [3.05, 3.63) is 58.4 Å². The number of amides is 1. The number of carbonyl (C=O) groups excluding carboxylic acids is 1. The van der Waals surface area contributed by atoms with E-state index in [2.05, 4.69) is 10.6 Å². The molecule has 0 bridgehead atoms. The Morgan fingerprint density at radius 2 is 1.85 bits per heavy atom. The van der Waals surface area contributed by atoms with Crippen LogP contribution in [0.1, 0.15) is 28.8 Å². The Kier molecular flexibility index (Phi) is 5.18. The Morgan fingerprint density at radius 1 is 1.07 bits per heavy atom. The van der Waals surface area contributed by atoms with E-state index >= 15 is 0 Å². The Balaban J connectivity index is 1.23. The molecule has 2 aliphatic rings. The van der Waals surface area contributed by atoms with Crippen molar-refractivity contribution in [2.75, 3.05) is 13.2 Å². The van der Waals surface area contributed by atoms with Crippen LogP contribution in [0.25, 0.3) is 0 Å². The second kappa shape index (κ2) is 7.74. The lowest BCUT2D eigenvalue weighted by Gasteiger charge is -2.36. The number of hydrogen-bond donors (Lipinski definition) is 2. The number of carbonyl (C=O) groups is 1. The summed E-state index contributed by atoms with van der Waals surface area (Å²) in [5.41, 5.74) is 1.37. The third-order valence-corrected chi connectivity index (χ3v) is 5.02. The molecule has 2 aromatic carbocycles. The van der Waals surface area contributed by atoms with E-state index in [1.807, 2.05) is 18.2 Å². The molecule has 0 radical (unpaired) electrons. The number of hydrogen-bond acceptors (Lipinski definition) is 4. The number of rotatable bonds is 5. The molecule has 2 N–H and O–H groups in total. The zero-order chi connectivity index (χ0) is 18.8. The van der Waals surface area contributed by atoms with Gasteiger partial charge in [0.15, 0.2) is 11.5 Å². The first-order valence-corrected chi connectivity index (χ1v) is 9.33. The van der Waals surface area contributed by atoms with Gasteiger partial charge in [0.2, 0.25) is 0 Å². The van der Waals surface area contributed by atoms with E-state index in [4.69, 9.17) is 21.1 Å². The summed E-state index contributed by atoms with van der Waals surface area (Å²) >= 11 is 5.80. The van der Waals surface area contributed by atoms with Gasteiger partial charge in [0, 0.05) is 29.2 Å². The molecule has 1 aliphatic carbocycles. The van der Waals surface area contributed by atoms with Crippen LogP contribution in [0.4, 0.5) is 4.39 Å². The molecule has 142 valence electrons. The summed E-state index contributed by atoms with van der Waals surface area (Å²) in [4.78, 5) is 12.2. The van der Waals surface area contributed by atoms with Gasteiger partial charge >= 0.3 is 0 Å². The summed E-state index contributed by atoms with van der Waals surface area (Å²) in [5.74, 6) is 0.758. The minimum Gasteiger partial charge on any atom is -0.486 e. The molecule has 1 saturated carbocycles. The Labute approximate surface area is 161 Å². The Hall–Kier alpha value is -2.31. The summed E-state index contributed by atoms with van der Waals surface area (Å²) in [5, 5.41) is 6.61. The second-order valence-corrected chi connectivity index (χ2v) is 7.29. The third-order valence-electron chi connectivity index (χ3n) is 4.80. The van der Waals surface area contributed by atoms with Gasteiger partial charge in [0.05, 0.1) is 0 Å². The highest BCUT2D eigenvalue weighted by Gasteiger charge is 2.30. The fraction of sp³-hybridized carbons (Fsp3) is 0.350. The molecule has 0 aromatic heterocycles. The quantitative estimate of drug-likeness (QED) is 0.822. The average molecular weight is 391 g/mol. The van der Waals surface area contributed by atoms with E-state index in [0.717, 1.165) is 36.4 Å². The van der Waals surface area contributed by atoms with E-state index in [1.54, 1.807) is 0 Å². The number of fused-ring (bicyclic) bond motifs is 1. The summed E-state index contributed by atoms with van der Waals surface area (Å²) in [6.07, 6.45) is 1.67. The smallest absolute Gasteiger partial charge is 0.251 e. The largest absolute Gasteiger partial charge is 0.486 e. The van der Waals surface area contributed by atoms with E-state index < -0.39 is 5.82 Å². The van der Waals surface area contributed by atoms with Crippen molar-refractivity contribution in [2.24, 2.45) is 0 Å². The van der Waals surface area contributed by atoms with Gasteiger partial charge in [-0.1, -0.05) is 17.7 Å². The standard InChI is InChI=1S/C20H20ClFN2O3/c21-14-6-13(7-15(22)8-14)20(25)24-17-9-16(10-17)23-11-12-1-2-18-19(5-12)27-4-3-26-18/h1-2,5-8,16-17,23H,3-4,9-11H2,(H,24,25)/t16-,17+. The molecule has 0 unspecified atom stereocenters. The molecular formula is C20H20ClFN2O3. The van der Waals surface area contributed by atoms with Gasteiger partial charge in [0.1, 0.15) is 19.0 Å². The molecule has 0 atom stereocenters. The first-order valence-electron chi connectivity index (χ1n) is 8.96. The molecular weight excluding hydrogens is 371 g/mol. The van der Waals surface area contributed by atoms with Gasteiger partial charge in [-0.05, 0) is 48.7 Å². The molecule has 0 spiro atoms. The van der Waals surface area contributed by atoms with Crippen LogP contribution in [0, 0.1) is 5.82 Å². The number of nitrogens with one attached hydrogen (secondary N) is 2. The minimum absolute atomic E-state index is 0.0808. The van der Waals surface area contributed by atoms with Crippen molar-refractivity contribution in [3.63, 3.8) is 0 Å². The summed E-state index contributed by atoms with van der Waals surface area (Å²) in [6.45, 7) is 1.88. The first-order chi connectivity index (χ1) is 13.1. The molecule has 2 aromatic rings.